The highest BCUT2D eigenvalue weighted by Gasteiger charge is 2.44. The third kappa shape index (κ3) is 5.92. The lowest BCUT2D eigenvalue weighted by atomic mass is 9.76. The van der Waals surface area contributed by atoms with Gasteiger partial charge in [0.05, 0.1) is 23.5 Å². The van der Waals surface area contributed by atoms with Gasteiger partial charge >= 0.3 is 5.97 Å². The molecule has 7 rings (SSSR count). The molecule has 0 saturated heterocycles. The summed E-state index contributed by atoms with van der Waals surface area (Å²) in [7, 11) is 3.27. The van der Waals surface area contributed by atoms with E-state index in [9.17, 15) is 14.7 Å². The Bertz CT molecular complexity index is 1980. The number of halogens is 3. The molecule has 49 heavy (non-hydrogen) atoms. The maximum absolute atomic E-state index is 15.7. The van der Waals surface area contributed by atoms with Gasteiger partial charge < -0.3 is 29.8 Å². The molecular weight excluding hydrogens is 672 g/mol. The molecule has 0 spiro atoms. The third-order valence-electron chi connectivity index (χ3n) is 10.0. The van der Waals surface area contributed by atoms with Gasteiger partial charge in [0, 0.05) is 56.0 Å². The van der Waals surface area contributed by atoms with E-state index in [1.807, 2.05) is 41.9 Å². The van der Waals surface area contributed by atoms with E-state index in [-0.39, 0.29) is 34.5 Å². The molecule has 1 aliphatic heterocycles. The number of ether oxygens (including phenoxy) is 2. The first-order valence-electron chi connectivity index (χ1n) is 16.3. The van der Waals surface area contributed by atoms with Crippen molar-refractivity contribution >= 4 is 40.8 Å². The number of imidazole rings is 1. The van der Waals surface area contributed by atoms with Crippen LogP contribution in [0.15, 0.2) is 42.5 Å². The summed E-state index contributed by atoms with van der Waals surface area (Å²) in [5.74, 6) is -1.34. The lowest BCUT2D eigenvalue weighted by Gasteiger charge is -2.38. The quantitative estimate of drug-likeness (QED) is 0.145. The molecule has 256 valence electrons. The van der Waals surface area contributed by atoms with Crippen molar-refractivity contribution < 1.29 is 28.6 Å². The average molecular weight is 709 g/mol. The number of carboxylic acids is 1. The zero-order valence-corrected chi connectivity index (χ0v) is 28.6. The Morgan fingerprint density at radius 3 is 2.61 bits per heavy atom. The average Bonchev–Trinajstić information content (AvgIpc) is 3.65. The molecule has 4 N–H and O–H groups in total. The van der Waals surface area contributed by atoms with Crippen molar-refractivity contribution in [2.75, 3.05) is 19.0 Å². The molecule has 0 bridgehead atoms. The first-order chi connectivity index (χ1) is 23.6. The van der Waals surface area contributed by atoms with Gasteiger partial charge in [-0.15, -0.1) is 0 Å². The minimum absolute atomic E-state index is 0.0571. The maximum atomic E-state index is 15.7. The molecular formula is C36H36Cl2FN5O5. The summed E-state index contributed by atoms with van der Waals surface area (Å²) in [6.45, 7) is 1.41. The lowest BCUT2D eigenvalue weighted by molar-refractivity contribution is -0.148. The van der Waals surface area contributed by atoms with Gasteiger partial charge in [-0.25, -0.2) is 9.37 Å². The summed E-state index contributed by atoms with van der Waals surface area (Å²) in [5.41, 5.74) is 5.09. The van der Waals surface area contributed by atoms with Crippen LogP contribution in [0.5, 0.6) is 11.5 Å². The van der Waals surface area contributed by atoms with E-state index in [1.165, 1.54) is 7.11 Å². The van der Waals surface area contributed by atoms with Crippen LogP contribution in [-0.4, -0.2) is 45.7 Å². The van der Waals surface area contributed by atoms with Gasteiger partial charge in [0.25, 0.3) is 5.91 Å². The number of amides is 1. The number of fused-ring (bicyclic) bond motifs is 2. The normalized spacial score (nSPS) is 17.5. The zero-order chi connectivity index (χ0) is 34.4. The van der Waals surface area contributed by atoms with Gasteiger partial charge in [0.15, 0.2) is 11.6 Å². The highest BCUT2D eigenvalue weighted by Crippen LogP contribution is 2.46. The Hall–Kier alpha value is -4.16. The summed E-state index contributed by atoms with van der Waals surface area (Å²) in [4.78, 5) is 29.7. The molecule has 3 aromatic carbocycles. The number of nitrogens with zero attached hydrogens (tertiary/aromatic N) is 2. The Balaban J connectivity index is 1.12. The smallest absolute Gasteiger partial charge is 0.323 e. The van der Waals surface area contributed by atoms with Gasteiger partial charge in [0.2, 0.25) is 0 Å². The first kappa shape index (κ1) is 33.3. The van der Waals surface area contributed by atoms with Crippen molar-refractivity contribution in [3.05, 3.63) is 92.2 Å². The number of benzene rings is 3. The Labute approximate surface area is 292 Å². The number of rotatable bonds is 10. The predicted molar refractivity (Wildman–Crippen MR) is 184 cm³/mol. The van der Waals surface area contributed by atoms with E-state index in [1.54, 1.807) is 12.1 Å². The molecule has 3 aliphatic rings. The molecule has 1 amide bonds. The van der Waals surface area contributed by atoms with Crippen LogP contribution in [0.1, 0.15) is 70.5 Å². The highest BCUT2D eigenvalue weighted by atomic mass is 35.5. The molecule has 1 saturated carbocycles. The van der Waals surface area contributed by atoms with Crippen LogP contribution in [0.25, 0.3) is 11.1 Å². The van der Waals surface area contributed by atoms with E-state index in [0.29, 0.717) is 48.8 Å². The minimum atomic E-state index is -1.07. The van der Waals surface area contributed by atoms with Crippen LogP contribution in [0.2, 0.25) is 10.0 Å². The maximum Gasteiger partial charge on any atom is 0.323 e. The Morgan fingerprint density at radius 1 is 1.12 bits per heavy atom. The van der Waals surface area contributed by atoms with Gasteiger partial charge in [-0.1, -0.05) is 53.5 Å². The fourth-order valence-corrected chi connectivity index (χ4v) is 7.61. The van der Waals surface area contributed by atoms with Crippen molar-refractivity contribution in [2.24, 2.45) is 7.05 Å². The number of aliphatic carboxylic acids is 1. The van der Waals surface area contributed by atoms with Crippen LogP contribution in [0.4, 0.5) is 10.1 Å². The number of carbonyl (C=O) groups is 2. The third-order valence-corrected chi connectivity index (χ3v) is 10.8. The lowest BCUT2D eigenvalue weighted by Crippen LogP contribution is -2.56. The molecule has 10 nitrogen and oxygen atoms in total. The Kier molecular flexibility index (Phi) is 9.04. The fraction of sp³-hybridized carbons (Fsp3) is 0.361. The molecule has 1 fully saturated rings. The zero-order valence-electron chi connectivity index (χ0n) is 27.1. The SMILES string of the molecule is COc1cc(OC2CCc3c(-c4cccc(NC(=O)c5nc6c(n5C)CCNC6)c4Cl)cccc32)c(Cl)c(F)c1CNC1(C(=O)O)CCC1. The van der Waals surface area contributed by atoms with E-state index < -0.39 is 23.4 Å². The monoisotopic (exact) mass is 707 g/mol. The molecule has 13 heteroatoms. The molecule has 2 aliphatic carbocycles. The molecule has 0 radical (unpaired) electrons. The van der Waals surface area contributed by atoms with Crippen LogP contribution < -0.4 is 25.4 Å². The number of nitrogens with one attached hydrogen (secondary N) is 3. The molecule has 2 heterocycles. The van der Waals surface area contributed by atoms with Crippen LogP contribution in [0.3, 0.4) is 0 Å². The van der Waals surface area contributed by atoms with E-state index in [2.05, 4.69) is 20.9 Å². The second-order valence-corrected chi connectivity index (χ2v) is 13.5. The van der Waals surface area contributed by atoms with Crippen molar-refractivity contribution in [2.45, 2.75) is 63.3 Å². The second-order valence-electron chi connectivity index (χ2n) is 12.7. The van der Waals surface area contributed by atoms with Crippen molar-refractivity contribution in [3.63, 3.8) is 0 Å². The number of hydrogen-bond acceptors (Lipinski definition) is 7. The fourth-order valence-electron chi connectivity index (χ4n) is 7.12. The summed E-state index contributed by atoms with van der Waals surface area (Å²) in [6.07, 6.45) is 3.40. The van der Waals surface area contributed by atoms with Crippen molar-refractivity contribution in [1.29, 1.82) is 0 Å². The van der Waals surface area contributed by atoms with E-state index in [0.717, 1.165) is 53.0 Å². The van der Waals surface area contributed by atoms with Crippen molar-refractivity contribution in [3.8, 4) is 22.6 Å². The van der Waals surface area contributed by atoms with Gasteiger partial charge in [-0.3, -0.25) is 14.9 Å². The number of carbonyl (C=O) groups excluding carboxylic acids is 1. The number of anilines is 1. The minimum Gasteiger partial charge on any atom is -0.496 e. The van der Waals surface area contributed by atoms with Crippen LogP contribution in [-0.2, 0) is 37.8 Å². The largest absolute Gasteiger partial charge is 0.496 e. The number of aromatic nitrogens is 2. The first-order valence-corrected chi connectivity index (χ1v) is 17.0. The summed E-state index contributed by atoms with van der Waals surface area (Å²) < 4.78 is 29.4. The standard InChI is InChI=1S/C36H36Cl2FN5O5/c1-44-26-12-15-40-18-25(26)42-33(44)34(45)43-24-9-4-8-22(30(24)37)19-6-3-7-21-20(19)10-11-27(21)49-29-16-28(48-2)23(32(39)31(29)38)17-41-36(35(46)47)13-5-14-36/h3-4,6-9,16,27,40-41H,5,10-15,17-18H2,1-2H3,(H,43,45)(H,46,47). The predicted octanol–water partition coefficient (Wildman–Crippen LogP) is 6.60. The summed E-state index contributed by atoms with van der Waals surface area (Å²) >= 11 is 13.5. The van der Waals surface area contributed by atoms with Gasteiger partial charge in [-0.05, 0) is 54.9 Å². The van der Waals surface area contributed by atoms with Crippen LogP contribution in [0, 0.1) is 5.82 Å². The molecule has 1 unspecified atom stereocenters. The summed E-state index contributed by atoms with van der Waals surface area (Å²) in [6, 6.07) is 12.9. The molecule has 1 aromatic heterocycles. The van der Waals surface area contributed by atoms with Crippen molar-refractivity contribution in [1.82, 2.24) is 20.2 Å². The highest BCUT2D eigenvalue weighted by molar-refractivity contribution is 6.36. The topological polar surface area (TPSA) is 127 Å². The molecule has 1 atom stereocenters. The number of methoxy groups -OCH3 is 1. The summed E-state index contributed by atoms with van der Waals surface area (Å²) in [5, 5.41) is 19.1. The number of hydrogen-bond donors (Lipinski definition) is 4. The van der Waals surface area contributed by atoms with Gasteiger partial charge in [-0.2, -0.15) is 0 Å². The van der Waals surface area contributed by atoms with Crippen LogP contribution >= 0.6 is 23.2 Å². The van der Waals surface area contributed by atoms with E-state index in [4.69, 9.17) is 32.7 Å². The Morgan fingerprint density at radius 2 is 1.90 bits per heavy atom. The van der Waals surface area contributed by atoms with Gasteiger partial charge in [0.1, 0.15) is 28.2 Å². The van der Waals surface area contributed by atoms with E-state index >= 15 is 4.39 Å². The molecule has 4 aromatic rings. The number of carboxylic acid groups (broad SMARTS) is 1. The second kappa shape index (κ2) is 13.3.